The number of benzene rings is 2. The zero-order chi connectivity index (χ0) is 22.6. The smallest absolute Gasteiger partial charge is 0.255 e. The number of fused-ring (bicyclic) bond motifs is 1. The SMILES string of the molecule is Cc1nnc2n1CC(c1cccc(C(=O)Nc3cccc(CCc4ccccn4)c3)c1)CC2. The third kappa shape index (κ3) is 4.85. The Morgan fingerprint density at radius 2 is 1.94 bits per heavy atom. The number of anilines is 1. The van der Waals surface area contributed by atoms with E-state index in [0.717, 1.165) is 55.3 Å². The number of nitrogens with zero attached hydrogens (tertiary/aromatic N) is 4. The third-order valence-electron chi connectivity index (χ3n) is 6.33. The van der Waals surface area contributed by atoms with E-state index >= 15 is 0 Å². The van der Waals surface area contributed by atoms with Crippen LogP contribution in [0.25, 0.3) is 0 Å². The maximum absolute atomic E-state index is 13.0. The quantitative estimate of drug-likeness (QED) is 0.473. The minimum atomic E-state index is -0.0873. The van der Waals surface area contributed by atoms with E-state index in [1.807, 2.05) is 67.7 Å². The predicted octanol–water partition coefficient (Wildman–Crippen LogP) is 4.75. The molecule has 1 aliphatic rings. The Balaban J connectivity index is 1.26. The second-order valence-electron chi connectivity index (χ2n) is 8.61. The molecule has 5 rings (SSSR count). The highest BCUT2D eigenvalue weighted by Gasteiger charge is 2.23. The number of nitrogens with one attached hydrogen (secondary N) is 1. The maximum Gasteiger partial charge on any atom is 0.255 e. The number of hydrogen-bond acceptors (Lipinski definition) is 4. The Morgan fingerprint density at radius 3 is 2.82 bits per heavy atom. The van der Waals surface area contributed by atoms with Gasteiger partial charge >= 0.3 is 0 Å². The van der Waals surface area contributed by atoms with Gasteiger partial charge in [-0.05, 0) is 73.7 Å². The Labute approximate surface area is 193 Å². The molecule has 4 aromatic rings. The monoisotopic (exact) mass is 437 g/mol. The van der Waals surface area contributed by atoms with Gasteiger partial charge in [0, 0.05) is 42.0 Å². The van der Waals surface area contributed by atoms with E-state index < -0.39 is 0 Å². The number of hydrogen-bond donors (Lipinski definition) is 1. The summed E-state index contributed by atoms with van der Waals surface area (Å²) in [5.74, 6) is 2.28. The summed E-state index contributed by atoms with van der Waals surface area (Å²) in [4.78, 5) is 17.4. The maximum atomic E-state index is 13.0. The lowest BCUT2D eigenvalue weighted by Crippen LogP contribution is -2.20. The summed E-state index contributed by atoms with van der Waals surface area (Å²) in [6, 6.07) is 22.0. The zero-order valence-corrected chi connectivity index (χ0v) is 18.7. The van der Waals surface area contributed by atoms with Gasteiger partial charge in [0.1, 0.15) is 11.6 Å². The molecule has 1 N–H and O–H groups in total. The van der Waals surface area contributed by atoms with Crippen molar-refractivity contribution in [2.75, 3.05) is 5.32 Å². The largest absolute Gasteiger partial charge is 0.322 e. The average Bonchev–Trinajstić information content (AvgIpc) is 3.24. The van der Waals surface area contributed by atoms with E-state index in [0.29, 0.717) is 11.5 Å². The van der Waals surface area contributed by atoms with Crippen molar-refractivity contribution in [1.29, 1.82) is 0 Å². The Morgan fingerprint density at radius 1 is 1.03 bits per heavy atom. The van der Waals surface area contributed by atoms with Gasteiger partial charge in [-0.1, -0.05) is 30.3 Å². The third-order valence-corrected chi connectivity index (χ3v) is 6.33. The first-order chi connectivity index (χ1) is 16.2. The number of carbonyl (C=O) groups excluding carboxylic acids is 1. The lowest BCUT2D eigenvalue weighted by molar-refractivity contribution is 0.102. The van der Waals surface area contributed by atoms with Gasteiger partial charge in [0.25, 0.3) is 5.91 Å². The van der Waals surface area contributed by atoms with Crippen molar-refractivity contribution in [3.8, 4) is 0 Å². The van der Waals surface area contributed by atoms with Crippen molar-refractivity contribution in [3.05, 3.63) is 107 Å². The van der Waals surface area contributed by atoms with E-state index in [1.54, 1.807) is 0 Å². The average molecular weight is 438 g/mol. The molecule has 2 aromatic heterocycles. The zero-order valence-electron chi connectivity index (χ0n) is 18.7. The molecule has 166 valence electrons. The first-order valence-electron chi connectivity index (χ1n) is 11.4. The number of pyridine rings is 1. The molecular formula is C27H27N5O. The van der Waals surface area contributed by atoms with Crippen LogP contribution in [0.4, 0.5) is 5.69 Å². The summed E-state index contributed by atoms with van der Waals surface area (Å²) in [5, 5.41) is 11.5. The molecule has 3 heterocycles. The summed E-state index contributed by atoms with van der Waals surface area (Å²) >= 11 is 0. The normalized spacial score (nSPS) is 15.1. The molecule has 2 aromatic carbocycles. The van der Waals surface area contributed by atoms with Crippen molar-refractivity contribution in [2.45, 2.75) is 45.1 Å². The Hall–Kier alpha value is -3.80. The summed E-state index contributed by atoms with van der Waals surface area (Å²) in [5.41, 5.74) is 4.92. The molecule has 1 aliphatic heterocycles. The number of aromatic nitrogens is 4. The highest BCUT2D eigenvalue weighted by atomic mass is 16.1. The minimum Gasteiger partial charge on any atom is -0.322 e. The van der Waals surface area contributed by atoms with Crippen molar-refractivity contribution >= 4 is 11.6 Å². The van der Waals surface area contributed by atoms with Crippen molar-refractivity contribution < 1.29 is 4.79 Å². The molecule has 0 fully saturated rings. The molecule has 0 bridgehead atoms. The van der Waals surface area contributed by atoms with Crippen LogP contribution in [0.15, 0.2) is 72.9 Å². The van der Waals surface area contributed by atoms with Crippen LogP contribution in [0.2, 0.25) is 0 Å². The Bertz CT molecular complexity index is 1260. The van der Waals surface area contributed by atoms with Gasteiger partial charge in [0.2, 0.25) is 0 Å². The fourth-order valence-corrected chi connectivity index (χ4v) is 4.49. The van der Waals surface area contributed by atoms with Gasteiger partial charge in [0.05, 0.1) is 0 Å². The number of carbonyl (C=O) groups is 1. The van der Waals surface area contributed by atoms with Gasteiger partial charge < -0.3 is 9.88 Å². The molecular weight excluding hydrogens is 410 g/mol. The van der Waals surface area contributed by atoms with Gasteiger partial charge in [0.15, 0.2) is 0 Å². The van der Waals surface area contributed by atoms with Crippen LogP contribution in [0, 0.1) is 6.92 Å². The minimum absolute atomic E-state index is 0.0873. The molecule has 0 saturated heterocycles. The van der Waals surface area contributed by atoms with E-state index in [1.165, 1.54) is 11.1 Å². The van der Waals surface area contributed by atoms with E-state index in [9.17, 15) is 4.79 Å². The summed E-state index contributed by atoms with van der Waals surface area (Å²) in [6.07, 6.45) is 5.49. The second kappa shape index (κ2) is 9.36. The fraction of sp³-hybridized carbons (Fsp3) is 0.259. The summed E-state index contributed by atoms with van der Waals surface area (Å²) < 4.78 is 2.19. The molecule has 0 aliphatic carbocycles. The van der Waals surface area contributed by atoms with Crippen molar-refractivity contribution in [3.63, 3.8) is 0 Å². The lowest BCUT2D eigenvalue weighted by Gasteiger charge is -2.24. The fourth-order valence-electron chi connectivity index (χ4n) is 4.49. The second-order valence-corrected chi connectivity index (χ2v) is 8.61. The first-order valence-corrected chi connectivity index (χ1v) is 11.4. The van der Waals surface area contributed by atoms with Crippen LogP contribution in [0.1, 0.15) is 51.2 Å². The molecule has 1 amide bonds. The Kier molecular flexibility index (Phi) is 5.98. The van der Waals surface area contributed by atoms with Crippen LogP contribution in [-0.2, 0) is 25.8 Å². The van der Waals surface area contributed by atoms with Crippen molar-refractivity contribution in [2.24, 2.45) is 0 Å². The van der Waals surface area contributed by atoms with Crippen molar-refractivity contribution in [1.82, 2.24) is 19.7 Å². The molecule has 0 spiro atoms. The standard InChI is InChI=1S/C27H27N5O/c1-19-30-31-26-14-12-23(18-32(19)26)21-7-5-8-22(17-21)27(33)29-25-10-4-6-20(16-25)11-13-24-9-2-3-15-28-24/h2-10,15-17,23H,11-14,18H2,1H3,(H,29,33). The highest BCUT2D eigenvalue weighted by Crippen LogP contribution is 2.29. The summed E-state index contributed by atoms with van der Waals surface area (Å²) in [6.45, 7) is 2.85. The number of rotatable bonds is 6. The molecule has 1 atom stereocenters. The van der Waals surface area contributed by atoms with Gasteiger partial charge in [-0.25, -0.2) is 0 Å². The molecule has 6 heteroatoms. The molecule has 1 unspecified atom stereocenters. The van der Waals surface area contributed by atoms with Crippen LogP contribution < -0.4 is 5.32 Å². The molecule has 33 heavy (non-hydrogen) atoms. The first kappa shape index (κ1) is 21.1. The van der Waals surface area contributed by atoms with E-state index in [2.05, 4.69) is 37.2 Å². The van der Waals surface area contributed by atoms with Crippen LogP contribution in [0.3, 0.4) is 0 Å². The lowest BCUT2D eigenvalue weighted by atomic mass is 9.90. The van der Waals surface area contributed by atoms with Gasteiger partial charge in [-0.15, -0.1) is 10.2 Å². The highest BCUT2D eigenvalue weighted by molar-refractivity contribution is 6.04. The topological polar surface area (TPSA) is 72.7 Å². The summed E-state index contributed by atoms with van der Waals surface area (Å²) in [7, 11) is 0. The van der Waals surface area contributed by atoms with Crippen LogP contribution in [-0.4, -0.2) is 25.7 Å². The molecule has 6 nitrogen and oxygen atoms in total. The molecule has 0 radical (unpaired) electrons. The van der Waals surface area contributed by atoms with Gasteiger partial charge in [-0.3, -0.25) is 9.78 Å². The van der Waals surface area contributed by atoms with E-state index in [4.69, 9.17) is 0 Å². The van der Waals surface area contributed by atoms with E-state index in [-0.39, 0.29) is 5.91 Å². The number of aryl methyl sites for hydroxylation is 4. The number of amides is 1. The van der Waals surface area contributed by atoms with Gasteiger partial charge in [-0.2, -0.15) is 0 Å². The van der Waals surface area contributed by atoms with Crippen LogP contribution in [0.5, 0.6) is 0 Å². The molecule has 0 saturated carbocycles. The predicted molar refractivity (Wildman–Crippen MR) is 128 cm³/mol. The van der Waals surface area contributed by atoms with Crippen LogP contribution >= 0.6 is 0 Å².